The first kappa shape index (κ1) is 19.8. The van der Waals surface area contributed by atoms with Gasteiger partial charge in [-0.2, -0.15) is 0 Å². The molecule has 5 rings (SSSR count). The lowest BCUT2D eigenvalue weighted by molar-refractivity contribution is -0.112. The number of fused-ring (bicyclic) bond motifs is 2. The molecule has 6 nitrogen and oxygen atoms in total. The zero-order valence-corrected chi connectivity index (χ0v) is 16.8. The molecule has 3 aromatic rings. The Balaban J connectivity index is 1.57. The summed E-state index contributed by atoms with van der Waals surface area (Å²) in [4.78, 5) is 14.5. The highest BCUT2D eigenvalue weighted by Crippen LogP contribution is 2.36. The SMILES string of the molecule is O=C1/C(=N\O)c2c(C#Cc3ccccc3)cccc2N1Cc1cc(F)cc2c1OCOC2. The van der Waals surface area contributed by atoms with Gasteiger partial charge < -0.3 is 19.6 Å². The van der Waals surface area contributed by atoms with Crippen LogP contribution in [0, 0.1) is 17.7 Å². The lowest BCUT2D eigenvalue weighted by atomic mass is 10.0. The summed E-state index contributed by atoms with van der Waals surface area (Å²) in [6.45, 7) is 0.326. The molecular weight excluding hydrogens is 411 g/mol. The number of anilines is 1. The summed E-state index contributed by atoms with van der Waals surface area (Å²) in [6, 6.07) is 17.4. The standard InChI is InChI=1S/C25H17FN2O4/c26-20-11-18(24-19(12-20)14-31-15-32-24)13-28-21-8-4-7-17(22(21)23(27-30)25(28)29)10-9-16-5-2-1-3-6-16/h1-8,11-12,30H,13-15H2/b27-23-. The third kappa shape index (κ3) is 3.47. The number of amides is 1. The maximum absolute atomic E-state index is 14.2. The Morgan fingerprint density at radius 2 is 1.94 bits per heavy atom. The molecule has 0 spiro atoms. The highest BCUT2D eigenvalue weighted by molar-refractivity contribution is 6.54. The van der Waals surface area contributed by atoms with Gasteiger partial charge in [-0.3, -0.25) is 4.79 Å². The van der Waals surface area contributed by atoms with Crippen molar-refractivity contribution in [2.75, 3.05) is 11.7 Å². The van der Waals surface area contributed by atoms with Crippen molar-refractivity contribution in [1.29, 1.82) is 0 Å². The number of benzene rings is 3. The molecule has 0 saturated heterocycles. The molecule has 0 unspecified atom stereocenters. The largest absolute Gasteiger partial charge is 0.467 e. The topological polar surface area (TPSA) is 71.4 Å². The van der Waals surface area contributed by atoms with Crippen LogP contribution in [0.3, 0.4) is 0 Å². The molecule has 158 valence electrons. The quantitative estimate of drug-likeness (QED) is 0.383. The van der Waals surface area contributed by atoms with Crippen LogP contribution in [-0.2, 0) is 22.7 Å². The highest BCUT2D eigenvalue weighted by atomic mass is 19.1. The summed E-state index contributed by atoms with van der Waals surface area (Å²) in [6.07, 6.45) is 0. The molecule has 32 heavy (non-hydrogen) atoms. The predicted octanol–water partition coefficient (Wildman–Crippen LogP) is 3.82. The Hall–Kier alpha value is -4.15. The molecule has 2 aliphatic heterocycles. The van der Waals surface area contributed by atoms with Crippen LogP contribution in [0.2, 0.25) is 0 Å². The summed E-state index contributed by atoms with van der Waals surface area (Å²) in [5.74, 6) is 5.69. The van der Waals surface area contributed by atoms with Crippen molar-refractivity contribution in [1.82, 2.24) is 0 Å². The molecule has 0 saturated carbocycles. The third-order valence-electron chi connectivity index (χ3n) is 5.31. The lowest BCUT2D eigenvalue weighted by Crippen LogP contribution is -2.30. The summed E-state index contributed by atoms with van der Waals surface area (Å²) < 4.78 is 25.0. The van der Waals surface area contributed by atoms with Crippen molar-refractivity contribution in [2.24, 2.45) is 5.16 Å². The Morgan fingerprint density at radius 3 is 2.75 bits per heavy atom. The maximum atomic E-state index is 14.2. The number of rotatable bonds is 2. The molecule has 0 aliphatic carbocycles. The molecule has 7 heteroatoms. The van der Waals surface area contributed by atoms with Gasteiger partial charge in [-0.25, -0.2) is 4.39 Å². The molecular formula is C25H17FN2O4. The minimum Gasteiger partial charge on any atom is -0.467 e. The van der Waals surface area contributed by atoms with E-state index in [2.05, 4.69) is 17.0 Å². The molecule has 2 aliphatic rings. The first-order valence-electron chi connectivity index (χ1n) is 9.92. The molecule has 3 aromatic carbocycles. The van der Waals surface area contributed by atoms with Crippen molar-refractivity contribution < 1.29 is 23.9 Å². The average molecular weight is 428 g/mol. The van der Waals surface area contributed by atoms with Gasteiger partial charge in [0.15, 0.2) is 12.5 Å². The normalized spacial score (nSPS) is 15.6. The van der Waals surface area contributed by atoms with E-state index < -0.39 is 11.7 Å². The minimum atomic E-state index is -0.499. The first-order valence-corrected chi connectivity index (χ1v) is 9.92. The van der Waals surface area contributed by atoms with Gasteiger partial charge in [0.05, 0.1) is 18.8 Å². The fourth-order valence-electron chi connectivity index (χ4n) is 3.92. The van der Waals surface area contributed by atoms with Gasteiger partial charge in [-0.1, -0.05) is 41.3 Å². The van der Waals surface area contributed by atoms with Gasteiger partial charge >= 0.3 is 0 Å². The summed E-state index contributed by atoms with van der Waals surface area (Å²) >= 11 is 0. The monoisotopic (exact) mass is 428 g/mol. The maximum Gasteiger partial charge on any atom is 0.281 e. The van der Waals surface area contributed by atoms with Crippen molar-refractivity contribution in [2.45, 2.75) is 13.2 Å². The van der Waals surface area contributed by atoms with Gasteiger partial charge in [-0.05, 0) is 36.4 Å². The van der Waals surface area contributed by atoms with Gasteiger partial charge in [-0.15, -0.1) is 0 Å². The molecule has 0 atom stereocenters. The molecule has 1 amide bonds. The first-order chi connectivity index (χ1) is 15.7. The van der Waals surface area contributed by atoms with Crippen molar-refractivity contribution in [3.63, 3.8) is 0 Å². The zero-order chi connectivity index (χ0) is 22.1. The molecule has 2 heterocycles. The van der Waals surface area contributed by atoms with Crippen LogP contribution in [0.4, 0.5) is 10.1 Å². The van der Waals surface area contributed by atoms with Gasteiger partial charge in [0.1, 0.15) is 11.6 Å². The molecule has 0 radical (unpaired) electrons. The van der Waals surface area contributed by atoms with Crippen LogP contribution in [0.25, 0.3) is 0 Å². The van der Waals surface area contributed by atoms with Gasteiger partial charge in [0.25, 0.3) is 5.91 Å². The minimum absolute atomic E-state index is 0.0422. The summed E-state index contributed by atoms with van der Waals surface area (Å²) in [5.41, 5.74) is 3.33. The predicted molar refractivity (Wildman–Crippen MR) is 115 cm³/mol. The van der Waals surface area contributed by atoms with E-state index in [9.17, 15) is 14.4 Å². The number of hydrogen-bond acceptors (Lipinski definition) is 5. The number of carbonyl (C=O) groups is 1. The van der Waals surface area contributed by atoms with E-state index in [0.29, 0.717) is 33.7 Å². The Bertz CT molecular complexity index is 1310. The van der Waals surface area contributed by atoms with Crippen LogP contribution in [-0.4, -0.2) is 23.6 Å². The molecule has 0 aromatic heterocycles. The smallest absolute Gasteiger partial charge is 0.281 e. The van der Waals surface area contributed by atoms with E-state index in [1.54, 1.807) is 18.2 Å². The van der Waals surface area contributed by atoms with Gasteiger partial charge in [0.2, 0.25) is 0 Å². The van der Waals surface area contributed by atoms with Crippen molar-refractivity contribution >= 4 is 17.3 Å². The van der Waals surface area contributed by atoms with Crippen LogP contribution in [0.5, 0.6) is 5.75 Å². The second-order valence-corrected chi connectivity index (χ2v) is 7.32. The molecule has 0 bridgehead atoms. The van der Waals surface area contributed by atoms with E-state index in [1.807, 2.05) is 30.3 Å². The molecule has 1 N–H and O–H groups in total. The van der Waals surface area contributed by atoms with Crippen LogP contribution >= 0.6 is 0 Å². The van der Waals surface area contributed by atoms with Gasteiger partial charge in [0, 0.05) is 27.8 Å². The van der Waals surface area contributed by atoms with Crippen molar-refractivity contribution in [3.05, 3.63) is 94.3 Å². The number of halogens is 1. The van der Waals surface area contributed by atoms with E-state index >= 15 is 0 Å². The Morgan fingerprint density at radius 1 is 1.09 bits per heavy atom. The fraction of sp³-hybridized carbons (Fsp3) is 0.120. The third-order valence-corrected chi connectivity index (χ3v) is 5.31. The van der Waals surface area contributed by atoms with Crippen molar-refractivity contribution in [3.8, 4) is 17.6 Å². The van der Waals surface area contributed by atoms with E-state index in [0.717, 1.165) is 5.56 Å². The number of carbonyl (C=O) groups excluding carboxylic acids is 1. The number of hydrogen-bond donors (Lipinski definition) is 1. The lowest BCUT2D eigenvalue weighted by Gasteiger charge is -2.24. The number of nitrogens with zero attached hydrogens (tertiary/aromatic N) is 2. The average Bonchev–Trinajstić information content (AvgIpc) is 3.09. The number of ether oxygens (including phenoxy) is 2. The van der Waals surface area contributed by atoms with E-state index in [-0.39, 0.29) is 25.7 Å². The highest BCUT2D eigenvalue weighted by Gasteiger charge is 2.37. The Kier molecular flexibility index (Phi) is 5.06. The fourth-order valence-corrected chi connectivity index (χ4v) is 3.92. The summed E-state index contributed by atoms with van der Waals surface area (Å²) in [5, 5.41) is 12.9. The van der Waals surface area contributed by atoms with E-state index in [1.165, 1.54) is 17.0 Å². The van der Waals surface area contributed by atoms with Crippen LogP contribution in [0.15, 0.2) is 65.8 Å². The Labute approximate surface area is 183 Å². The number of oxime groups is 1. The second kappa shape index (κ2) is 8.17. The van der Waals surface area contributed by atoms with Crippen LogP contribution < -0.4 is 9.64 Å². The zero-order valence-electron chi connectivity index (χ0n) is 16.8. The second-order valence-electron chi connectivity index (χ2n) is 7.32. The van der Waals surface area contributed by atoms with E-state index in [4.69, 9.17) is 9.47 Å². The molecule has 0 fully saturated rings. The van der Waals surface area contributed by atoms with Crippen LogP contribution in [0.1, 0.15) is 27.8 Å². The summed E-state index contributed by atoms with van der Waals surface area (Å²) in [7, 11) is 0.